The van der Waals surface area contributed by atoms with Gasteiger partial charge < -0.3 is 18.8 Å². The van der Waals surface area contributed by atoms with Crippen LogP contribution in [0.2, 0.25) is 0 Å². The average molecular weight is 351 g/mol. The average Bonchev–Trinajstić information content (AvgIpc) is 2.97. The van der Waals surface area contributed by atoms with Crippen molar-refractivity contribution in [3.05, 3.63) is 59.4 Å². The predicted octanol–water partition coefficient (Wildman–Crippen LogP) is 4.35. The van der Waals surface area contributed by atoms with Crippen molar-refractivity contribution in [3.63, 3.8) is 0 Å². The van der Waals surface area contributed by atoms with Gasteiger partial charge in [0.2, 0.25) is 0 Å². The van der Waals surface area contributed by atoms with Crippen molar-refractivity contribution >= 4 is 16.9 Å². The fourth-order valence-electron chi connectivity index (χ4n) is 3.49. The van der Waals surface area contributed by atoms with Crippen LogP contribution in [0.15, 0.2) is 46.9 Å². The van der Waals surface area contributed by atoms with E-state index >= 15 is 0 Å². The second-order valence-corrected chi connectivity index (χ2v) is 6.50. The maximum Gasteiger partial charge on any atom is 0.290 e. The molecule has 2 heterocycles. The number of furan rings is 1. The van der Waals surface area contributed by atoms with Gasteiger partial charge in [0.05, 0.1) is 20.3 Å². The summed E-state index contributed by atoms with van der Waals surface area (Å²) in [5.74, 6) is 1.84. The zero-order valence-corrected chi connectivity index (χ0v) is 15.1. The molecule has 1 aliphatic heterocycles. The first-order valence-corrected chi connectivity index (χ1v) is 8.64. The summed E-state index contributed by atoms with van der Waals surface area (Å²) in [5.41, 5.74) is 2.62. The monoisotopic (exact) mass is 351 g/mol. The highest BCUT2D eigenvalue weighted by molar-refractivity contribution is 5.99. The van der Waals surface area contributed by atoms with Crippen LogP contribution in [-0.2, 0) is 0 Å². The van der Waals surface area contributed by atoms with Crippen LogP contribution in [0.4, 0.5) is 0 Å². The maximum absolute atomic E-state index is 13.1. The van der Waals surface area contributed by atoms with E-state index in [-0.39, 0.29) is 11.9 Å². The number of nitrogens with zero attached hydrogens (tertiary/aromatic N) is 1. The SMILES string of the molecule is COc1cccc([C@H]2CCN2C(=O)c2oc3cc(OC)ccc3c2C)c1. The lowest BCUT2D eigenvalue weighted by atomic mass is 9.94. The summed E-state index contributed by atoms with van der Waals surface area (Å²) >= 11 is 0. The summed E-state index contributed by atoms with van der Waals surface area (Å²) in [6, 6.07) is 13.6. The summed E-state index contributed by atoms with van der Waals surface area (Å²) in [4.78, 5) is 14.9. The Balaban J connectivity index is 1.65. The van der Waals surface area contributed by atoms with E-state index in [1.165, 1.54) is 0 Å². The van der Waals surface area contributed by atoms with Gasteiger partial charge in [0.1, 0.15) is 17.1 Å². The molecule has 26 heavy (non-hydrogen) atoms. The van der Waals surface area contributed by atoms with E-state index < -0.39 is 0 Å². The quantitative estimate of drug-likeness (QED) is 0.701. The van der Waals surface area contributed by atoms with E-state index in [0.717, 1.165) is 35.2 Å². The van der Waals surface area contributed by atoms with Crippen LogP contribution in [0.25, 0.3) is 11.0 Å². The molecular weight excluding hydrogens is 330 g/mol. The lowest BCUT2D eigenvalue weighted by molar-refractivity contribution is 0.0428. The Hall–Kier alpha value is -2.95. The molecule has 0 saturated carbocycles. The molecule has 1 amide bonds. The van der Waals surface area contributed by atoms with Crippen LogP contribution in [-0.4, -0.2) is 31.6 Å². The molecular formula is C21H21NO4. The first-order chi connectivity index (χ1) is 12.6. The third kappa shape index (κ3) is 2.60. The normalized spacial score (nSPS) is 16.4. The number of hydrogen-bond donors (Lipinski definition) is 0. The number of benzene rings is 2. The number of carbonyl (C=O) groups excluding carboxylic acids is 1. The highest BCUT2D eigenvalue weighted by Gasteiger charge is 2.36. The summed E-state index contributed by atoms with van der Waals surface area (Å²) in [6.07, 6.45) is 0.937. The molecule has 0 radical (unpaired) electrons. The minimum absolute atomic E-state index is 0.0553. The summed E-state index contributed by atoms with van der Waals surface area (Å²) < 4.78 is 16.4. The lowest BCUT2D eigenvalue weighted by Crippen LogP contribution is -2.45. The molecule has 1 atom stereocenters. The smallest absolute Gasteiger partial charge is 0.290 e. The van der Waals surface area contributed by atoms with E-state index in [1.54, 1.807) is 14.2 Å². The number of ether oxygens (including phenoxy) is 2. The van der Waals surface area contributed by atoms with Crippen LogP contribution in [0.1, 0.15) is 34.1 Å². The number of fused-ring (bicyclic) bond motifs is 1. The molecule has 0 bridgehead atoms. The molecule has 0 aliphatic carbocycles. The standard InChI is InChI=1S/C21H21NO4/c1-13-17-8-7-16(25-3)12-19(17)26-20(13)21(23)22-10-9-18(22)14-5-4-6-15(11-14)24-2/h4-8,11-12,18H,9-10H2,1-3H3/t18-/m1/s1. The van der Waals surface area contributed by atoms with Crippen LogP contribution in [0, 0.1) is 6.92 Å². The van der Waals surface area contributed by atoms with E-state index in [0.29, 0.717) is 17.1 Å². The van der Waals surface area contributed by atoms with Crippen molar-refractivity contribution in [3.8, 4) is 11.5 Å². The zero-order chi connectivity index (χ0) is 18.3. The van der Waals surface area contributed by atoms with E-state index in [4.69, 9.17) is 13.9 Å². The Morgan fingerprint density at radius 1 is 1.12 bits per heavy atom. The fourth-order valence-corrected chi connectivity index (χ4v) is 3.49. The molecule has 0 unspecified atom stereocenters. The third-order valence-corrected chi connectivity index (χ3v) is 5.10. The van der Waals surface area contributed by atoms with Crippen LogP contribution in [0.5, 0.6) is 11.5 Å². The van der Waals surface area contributed by atoms with Gasteiger partial charge in [-0.15, -0.1) is 0 Å². The first-order valence-electron chi connectivity index (χ1n) is 8.64. The van der Waals surface area contributed by atoms with Gasteiger partial charge in [-0.25, -0.2) is 0 Å². The molecule has 3 aromatic rings. The lowest BCUT2D eigenvalue weighted by Gasteiger charge is -2.41. The van der Waals surface area contributed by atoms with Crippen molar-refractivity contribution < 1.29 is 18.7 Å². The minimum atomic E-state index is -0.0725. The number of aryl methyl sites for hydroxylation is 1. The van der Waals surface area contributed by atoms with Gasteiger partial charge in [-0.1, -0.05) is 12.1 Å². The van der Waals surface area contributed by atoms with Crippen molar-refractivity contribution in [2.75, 3.05) is 20.8 Å². The van der Waals surface area contributed by atoms with Crippen molar-refractivity contribution in [1.29, 1.82) is 0 Å². The predicted molar refractivity (Wildman–Crippen MR) is 98.9 cm³/mol. The summed E-state index contributed by atoms with van der Waals surface area (Å²) in [5, 5.41) is 0.938. The van der Waals surface area contributed by atoms with Crippen molar-refractivity contribution in [1.82, 2.24) is 4.90 Å². The Bertz CT molecular complexity index is 975. The summed E-state index contributed by atoms with van der Waals surface area (Å²) in [7, 11) is 3.26. The number of rotatable bonds is 4. The van der Waals surface area contributed by atoms with Gasteiger partial charge in [-0.05, 0) is 43.2 Å². The molecule has 5 heteroatoms. The van der Waals surface area contributed by atoms with Gasteiger partial charge in [-0.3, -0.25) is 4.79 Å². The Labute approximate surface area is 152 Å². The highest BCUT2D eigenvalue weighted by atomic mass is 16.5. The number of hydrogen-bond acceptors (Lipinski definition) is 4. The largest absolute Gasteiger partial charge is 0.497 e. The second-order valence-electron chi connectivity index (χ2n) is 6.50. The molecule has 0 spiro atoms. The van der Waals surface area contributed by atoms with Gasteiger partial charge >= 0.3 is 0 Å². The Kier molecular flexibility index (Phi) is 4.07. The van der Waals surface area contributed by atoms with Crippen LogP contribution >= 0.6 is 0 Å². The summed E-state index contributed by atoms with van der Waals surface area (Å²) in [6.45, 7) is 2.65. The second kappa shape index (κ2) is 6.41. The fraction of sp³-hybridized carbons (Fsp3) is 0.286. The minimum Gasteiger partial charge on any atom is -0.497 e. The number of carbonyl (C=O) groups is 1. The highest BCUT2D eigenvalue weighted by Crippen LogP contribution is 2.37. The van der Waals surface area contributed by atoms with E-state index in [9.17, 15) is 4.79 Å². The van der Waals surface area contributed by atoms with E-state index in [1.807, 2.05) is 54.3 Å². The van der Waals surface area contributed by atoms with Crippen LogP contribution in [0.3, 0.4) is 0 Å². The van der Waals surface area contributed by atoms with Gasteiger partial charge in [0.25, 0.3) is 5.91 Å². The molecule has 1 saturated heterocycles. The maximum atomic E-state index is 13.1. The topological polar surface area (TPSA) is 51.9 Å². The molecule has 1 aromatic heterocycles. The van der Waals surface area contributed by atoms with Crippen molar-refractivity contribution in [2.45, 2.75) is 19.4 Å². The van der Waals surface area contributed by atoms with Crippen molar-refractivity contribution in [2.24, 2.45) is 0 Å². The molecule has 2 aromatic carbocycles. The molecule has 5 nitrogen and oxygen atoms in total. The molecule has 134 valence electrons. The Morgan fingerprint density at radius 2 is 1.88 bits per heavy atom. The van der Waals surface area contributed by atoms with Gasteiger partial charge in [-0.2, -0.15) is 0 Å². The number of amides is 1. The molecule has 1 aliphatic rings. The molecule has 1 fully saturated rings. The van der Waals surface area contributed by atoms with E-state index in [2.05, 4.69) is 0 Å². The number of methoxy groups -OCH3 is 2. The number of likely N-dealkylation sites (tertiary alicyclic amines) is 1. The Morgan fingerprint density at radius 3 is 2.58 bits per heavy atom. The van der Waals surface area contributed by atoms with Gasteiger partial charge in [0, 0.05) is 23.6 Å². The molecule has 0 N–H and O–H groups in total. The van der Waals surface area contributed by atoms with Gasteiger partial charge in [0.15, 0.2) is 5.76 Å². The zero-order valence-electron chi connectivity index (χ0n) is 15.1. The molecule has 4 rings (SSSR count). The first kappa shape index (κ1) is 16.5. The van der Waals surface area contributed by atoms with Crippen LogP contribution < -0.4 is 9.47 Å². The third-order valence-electron chi connectivity index (χ3n) is 5.10.